The van der Waals surface area contributed by atoms with Gasteiger partial charge >= 0.3 is 0 Å². The number of carbonyl (C=O) groups is 1. The highest BCUT2D eigenvalue weighted by Crippen LogP contribution is 2.23. The van der Waals surface area contributed by atoms with Crippen LogP contribution in [-0.4, -0.2) is 28.8 Å². The maximum absolute atomic E-state index is 12.4. The zero-order valence-corrected chi connectivity index (χ0v) is 15.3. The van der Waals surface area contributed by atoms with Gasteiger partial charge in [-0.25, -0.2) is 4.68 Å². The van der Waals surface area contributed by atoms with E-state index >= 15 is 0 Å². The first-order valence-electron chi connectivity index (χ1n) is 8.88. The first kappa shape index (κ1) is 18.0. The maximum atomic E-state index is 12.4. The summed E-state index contributed by atoms with van der Waals surface area (Å²) in [5.41, 5.74) is 1.09. The molecule has 1 aromatic heterocycles. The van der Waals surface area contributed by atoms with E-state index in [1.165, 1.54) is 12.8 Å². The third-order valence-electron chi connectivity index (χ3n) is 4.88. The number of hydrogen-bond donors (Lipinski definition) is 2. The van der Waals surface area contributed by atoms with Crippen molar-refractivity contribution < 1.29 is 4.79 Å². The average molecular weight is 361 g/mol. The molecule has 2 N–H and O–H groups in total. The SMILES string of the molecule is CC(CC(=O)Nc1ccnn1Cc1ccc(Cl)cc1)C1CCCNC1. The van der Waals surface area contributed by atoms with Crippen LogP contribution in [-0.2, 0) is 11.3 Å². The number of benzene rings is 1. The fourth-order valence-electron chi connectivity index (χ4n) is 3.35. The van der Waals surface area contributed by atoms with E-state index in [2.05, 4.69) is 22.7 Å². The van der Waals surface area contributed by atoms with E-state index in [0.717, 1.165) is 24.5 Å². The summed E-state index contributed by atoms with van der Waals surface area (Å²) in [4.78, 5) is 12.4. The van der Waals surface area contributed by atoms with E-state index in [9.17, 15) is 4.79 Å². The van der Waals surface area contributed by atoms with Crippen LogP contribution in [0, 0.1) is 11.8 Å². The molecule has 3 rings (SSSR count). The van der Waals surface area contributed by atoms with Crippen molar-refractivity contribution >= 4 is 23.3 Å². The summed E-state index contributed by atoms with van der Waals surface area (Å²) in [6, 6.07) is 9.49. The van der Waals surface area contributed by atoms with E-state index < -0.39 is 0 Å². The number of halogens is 1. The van der Waals surface area contributed by atoms with E-state index in [0.29, 0.717) is 29.8 Å². The number of rotatable bonds is 6. The summed E-state index contributed by atoms with van der Waals surface area (Å²) >= 11 is 5.92. The van der Waals surface area contributed by atoms with Gasteiger partial charge in [-0.15, -0.1) is 0 Å². The molecule has 0 radical (unpaired) electrons. The Bertz CT molecular complexity index is 692. The van der Waals surface area contributed by atoms with Gasteiger partial charge in [0.2, 0.25) is 5.91 Å². The van der Waals surface area contributed by atoms with Gasteiger partial charge in [0, 0.05) is 17.5 Å². The van der Waals surface area contributed by atoms with Gasteiger partial charge in [0.25, 0.3) is 0 Å². The van der Waals surface area contributed by atoms with Crippen molar-refractivity contribution in [2.45, 2.75) is 32.7 Å². The Labute approximate surface area is 153 Å². The normalized spacial score (nSPS) is 18.7. The Morgan fingerprint density at radius 1 is 1.40 bits per heavy atom. The molecule has 2 unspecified atom stereocenters. The zero-order chi connectivity index (χ0) is 17.6. The number of anilines is 1. The number of piperidine rings is 1. The number of aromatic nitrogens is 2. The van der Waals surface area contributed by atoms with Crippen molar-refractivity contribution in [2.75, 3.05) is 18.4 Å². The summed E-state index contributed by atoms with van der Waals surface area (Å²) in [7, 11) is 0. The molecule has 25 heavy (non-hydrogen) atoms. The summed E-state index contributed by atoms with van der Waals surface area (Å²) in [6.45, 7) is 4.88. The minimum Gasteiger partial charge on any atom is -0.316 e. The molecule has 1 amide bonds. The third-order valence-corrected chi connectivity index (χ3v) is 5.13. The fraction of sp³-hybridized carbons (Fsp3) is 0.474. The van der Waals surface area contributed by atoms with E-state index in [1.54, 1.807) is 10.9 Å². The van der Waals surface area contributed by atoms with E-state index in [1.807, 2.05) is 30.3 Å². The second kappa shape index (κ2) is 8.50. The van der Waals surface area contributed by atoms with Crippen molar-refractivity contribution in [1.82, 2.24) is 15.1 Å². The molecule has 2 heterocycles. The van der Waals surface area contributed by atoms with Crippen molar-refractivity contribution in [2.24, 2.45) is 11.8 Å². The maximum Gasteiger partial charge on any atom is 0.225 e. The third kappa shape index (κ3) is 5.06. The minimum atomic E-state index is 0.0518. The lowest BCUT2D eigenvalue weighted by Gasteiger charge is -2.28. The molecule has 0 bridgehead atoms. The van der Waals surface area contributed by atoms with Gasteiger partial charge in [-0.3, -0.25) is 4.79 Å². The summed E-state index contributed by atoms with van der Waals surface area (Å²) in [5, 5.41) is 11.5. The smallest absolute Gasteiger partial charge is 0.225 e. The van der Waals surface area contributed by atoms with E-state index in [-0.39, 0.29) is 5.91 Å². The first-order valence-corrected chi connectivity index (χ1v) is 9.26. The lowest BCUT2D eigenvalue weighted by atomic mass is 9.85. The Balaban J connectivity index is 1.56. The van der Waals surface area contributed by atoms with Gasteiger partial charge in [0.1, 0.15) is 5.82 Å². The lowest BCUT2D eigenvalue weighted by Crippen LogP contribution is -2.34. The van der Waals surface area contributed by atoms with E-state index in [4.69, 9.17) is 11.6 Å². The number of hydrogen-bond acceptors (Lipinski definition) is 3. The molecule has 0 aliphatic carbocycles. The second-order valence-corrected chi connectivity index (χ2v) is 7.27. The predicted molar refractivity (Wildman–Crippen MR) is 101 cm³/mol. The van der Waals surface area contributed by atoms with Crippen LogP contribution in [0.4, 0.5) is 5.82 Å². The highest BCUT2D eigenvalue weighted by molar-refractivity contribution is 6.30. The second-order valence-electron chi connectivity index (χ2n) is 6.84. The van der Waals surface area contributed by atoms with Crippen molar-refractivity contribution in [1.29, 1.82) is 0 Å². The first-order chi connectivity index (χ1) is 12.1. The molecule has 1 saturated heterocycles. The molecule has 1 fully saturated rings. The molecule has 5 nitrogen and oxygen atoms in total. The number of nitrogens with zero attached hydrogens (tertiary/aromatic N) is 2. The average Bonchev–Trinajstić information content (AvgIpc) is 3.04. The Morgan fingerprint density at radius 3 is 2.92 bits per heavy atom. The van der Waals surface area contributed by atoms with Crippen molar-refractivity contribution in [3.63, 3.8) is 0 Å². The van der Waals surface area contributed by atoms with Crippen LogP contribution in [0.15, 0.2) is 36.5 Å². The van der Waals surface area contributed by atoms with Gasteiger partial charge in [0.15, 0.2) is 0 Å². The number of amides is 1. The van der Waals surface area contributed by atoms with Crippen LogP contribution >= 0.6 is 11.6 Å². The van der Waals surface area contributed by atoms with Crippen molar-refractivity contribution in [3.05, 3.63) is 47.1 Å². The van der Waals surface area contributed by atoms with Gasteiger partial charge in [-0.05, 0) is 55.5 Å². The summed E-state index contributed by atoms with van der Waals surface area (Å²) in [5.74, 6) is 1.74. The molecule has 2 aromatic rings. The van der Waals surface area contributed by atoms with Gasteiger partial charge in [0.05, 0.1) is 12.7 Å². The molecule has 134 valence electrons. The number of nitrogens with one attached hydrogen (secondary N) is 2. The minimum absolute atomic E-state index is 0.0518. The molecule has 1 aromatic carbocycles. The van der Waals surface area contributed by atoms with Gasteiger partial charge < -0.3 is 10.6 Å². The molecular weight excluding hydrogens is 336 g/mol. The van der Waals surface area contributed by atoms with Crippen molar-refractivity contribution in [3.8, 4) is 0 Å². The monoisotopic (exact) mass is 360 g/mol. The molecule has 0 saturated carbocycles. The predicted octanol–water partition coefficient (Wildman–Crippen LogP) is 3.55. The van der Waals surface area contributed by atoms with Gasteiger partial charge in [-0.2, -0.15) is 5.10 Å². The Hall–Kier alpha value is -1.85. The highest BCUT2D eigenvalue weighted by Gasteiger charge is 2.22. The number of carbonyl (C=O) groups excluding carboxylic acids is 1. The molecular formula is C19H25ClN4O. The summed E-state index contributed by atoms with van der Waals surface area (Å²) < 4.78 is 1.80. The summed E-state index contributed by atoms with van der Waals surface area (Å²) in [6.07, 6.45) is 4.65. The van der Waals surface area contributed by atoms with Crippen LogP contribution < -0.4 is 10.6 Å². The topological polar surface area (TPSA) is 59.0 Å². The van der Waals surface area contributed by atoms with Crippen LogP contribution in [0.1, 0.15) is 31.7 Å². The Kier molecular flexibility index (Phi) is 6.10. The quantitative estimate of drug-likeness (QED) is 0.828. The van der Waals surface area contributed by atoms with Crippen LogP contribution in [0.5, 0.6) is 0 Å². The molecule has 1 aliphatic heterocycles. The highest BCUT2D eigenvalue weighted by atomic mass is 35.5. The lowest BCUT2D eigenvalue weighted by molar-refractivity contribution is -0.117. The van der Waals surface area contributed by atoms with Gasteiger partial charge in [-0.1, -0.05) is 30.7 Å². The molecule has 0 spiro atoms. The Morgan fingerprint density at radius 2 is 2.20 bits per heavy atom. The largest absolute Gasteiger partial charge is 0.316 e. The molecule has 2 atom stereocenters. The zero-order valence-electron chi connectivity index (χ0n) is 14.5. The fourth-order valence-corrected chi connectivity index (χ4v) is 3.47. The van der Waals surface area contributed by atoms with Crippen LogP contribution in [0.3, 0.4) is 0 Å². The standard InChI is InChI=1S/C19H25ClN4O/c1-14(16-3-2-9-21-12-16)11-19(25)23-18-8-10-22-24(18)13-15-4-6-17(20)7-5-15/h4-8,10,14,16,21H,2-3,9,11-13H2,1H3,(H,23,25). The molecule has 1 aliphatic rings. The van der Waals surface area contributed by atoms with Crippen LogP contribution in [0.25, 0.3) is 0 Å². The molecule has 6 heteroatoms. The van der Waals surface area contributed by atoms with Crippen LogP contribution in [0.2, 0.25) is 5.02 Å².